The van der Waals surface area contributed by atoms with E-state index in [0.29, 0.717) is 18.7 Å². The maximum absolute atomic E-state index is 12.6. The number of carbonyl (C=O) groups is 2. The molecule has 1 fully saturated rings. The van der Waals surface area contributed by atoms with E-state index in [1.807, 2.05) is 54.3 Å². The first-order valence-corrected chi connectivity index (χ1v) is 8.87. The Morgan fingerprint density at radius 3 is 2.76 bits per heavy atom. The van der Waals surface area contributed by atoms with Crippen LogP contribution in [-0.2, 0) is 4.79 Å². The van der Waals surface area contributed by atoms with Gasteiger partial charge in [0.25, 0.3) is 5.91 Å². The van der Waals surface area contributed by atoms with E-state index in [1.165, 1.54) is 0 Å². The van der Waals surface area contributed by atoms with Crippen LogP contribution in [0, 0.1) is 5.92 Å². The molecule has 0 bridgehead atoms. The number of rotatable bonds is 4. The Morgan fingerprint density at radius 1 is 1.24 bits per heavy atom. The van der Waals surface area contributed by atoms with Crippen molar-refractivity contribution in [3.63, 3.8) is 0 Å². The summed E-state index contributed by atoms with van der Waals surface area (Å²) in [5.41, 5.74) is 6.25. The van der Waals surface area contributed by atoms with Gasteiger partial charge in [-0.25, -0.2) is 0 Å². The van der Waals surface area contributed by atoms with Gasteiger partial charge in [-0.3, -0.25) is 9.59 Å². The molecule has 0 spiro atoms. The van der Waals surface area contributed by atoms with Crippen LogP contribution in [0.2, 0.25) is 0 Å². The number of piperidine rings is 1. The lowest BCUT2D eigenvalue weighted by molar-refractivity contribution is -0.136. The van der Waals surface area contributed by atoms with Crippen molar-refractivity contribution in [2.45, 2.75) is 25.8 Å². The fourth-order valence-corrected chi connectivity index (χ4v) is 3.31. The number of benzene rings is 2. The van der Waals surface area contributed by atoms with Gasteiger partial charge in [0, 0.05) is 37.2 Å². The lowest BCUT2D eigenvalue weighted by Gasteiger charge is -2.34. The van der Waals surface area contributed by atoms with E-state index >= 15 is 0 Å². The van der Waals surface area contributed by atoms with Gasteiger partial charge in [0.05, 0.1) is 0 Å². The maximum Gasteiger partial charge on any atom is 0.251 e. The molecule has 0 radical (unpaired) electrons. The lowest BCUT2D eigenvalue weighted by atomic mass is 10.0. The molecule has 3 rings (SSSR count). The highest BCUT2D eigenvalue weighted by molar-refractivity contribution is 5.98. The summed E-state index contributed by atoms with van der Waals surface area (Å²) in [4.78, 5) is 26.7. The summed E-state index contributed by atoms with van der Waals surface area (Å²) in [7, 11) is 0. The van der Waals surface area contributed by atoms with Gasteiger partial charge in [0.1, 0.15) is 0 Å². The molecule has 2 amide bonds. The second-order valence-electron chi connectivity index (χ2n) is 6.80. The predicted octanol–water partition coefficient (Wildman–Crippen LogP) is 2.16. The zero-order valence-electron chi connectivity index (χ0n) is 14.6. The quantitative estimate of drug-likeness (QED) is 0.896. The van der Waals surface area contributed by atoms with E-state index in [9.17, 15) is 9.59 Å². The van der Waals surface area contributed by atoms with E-state index in [2.05, 4.69) is 5.32 Å². The number of carbonyl (C=O) groups excluding carboxylic acids is 2. The largest absolute Gasteiger partial charge is 0.348 e. The first-order chi connectivity index (χ1) is 12.1. The second kappa shape index (κ2) is 7.66. The SMILES string of the molecule is CC(CN)C(=O)N1CCCC(NC(=O)c2ccc3ccccc3c2)C1. The molecule has 1 saturated heterocycles. The molecule has 1 aliphatic heterocycles. The number of likely N-dealkylation sites (tertiary alicyclic amines) is 1. The van der Waals surface area contributed by atoms with E-state index < -0.39 is 0 Å². The van der Waals surface area contributed by atoms with Crippen LogP contribution < -0.4 is 11.1 Å². The normalized spacial score (nSPS) is 18.8. The van der Waals surface area contributed by atoms with Crippen LogP contribution in [0.15, 0.2) is 42.5 Å². The Morgan fingerprint density at radius 2 is 2.00 bits per heavy atom. The molecule has 25 heavy (non-hydrogen) atoms. The molecule has 5 heteroatoms. The summed E-state index contributed by atoms with van der Waals surface area (Å²) in [6.07, 6.45) is 1.78. The minimum Gasteiger partial charge on any atom is -0.348 e. The third kappa shape index (κ3) is 3.99. The van der Waals surface area contributed by atoms with Crippen LogP contribution in [0.5, 0.6) is 0 Å². The Bertz CT molecular complexity index is 774. The summed E-state index contributed by atoms with van der Waals surface area (Å²) in [6.45, 7) is 3.50. The number of nitrogens with one attached hydrogen (secondary N) is 1. The predicted molar refractivity (Wildman–Crippen MR) is 99.2 cm³/mol. The summed E-state index contributed by atoms with van der Waals surface area (Å²) in [5.74, 6) is -0.181. The van der Waals surface area contributed by atoms with Gasteiger partial charge >= 0.3 is 0 Å². The summed E-state index contributed by atoms with van der Waals surface area (Å²) in [6, 6.07) is 13.7. The van der Waals surface area contributed by atoms with Crippen LogP contribution in [0.1, 0.15) is 30.1 Å². The number of fused-ring (bicyclic) bond motifs is 1. The molecule has 1 heterocycles. The Kier molecular flexibility index (Phi) is 5.34. The molecule has 2 unspecified atom stereocenters. The zero-order chi connectivity index (χ0) is 17.8. The van der Waals surface area contributed by atoms with Crippen molar-refractivity contribution >= 4 is 22.6 Å². The minimum absolute atomic E-state index is 0.0124. The molecule has 2 aromatic rings. The van der Waals surface area contributed by atoms with E-state index in [1.54, 1.807) is 0 Å². The number of amides is 2. The molecule has 0 saturated carbocycles. The fourth-order valence-electron chi connectivity index (χ4n) is 3.31. The van der Waals surface area contributed by atoms with E-state index in [4.69, 9.17) is 5.73 Å². The third-order valence-electron chi connectivity index (χ3n) is 4.86. The van der Waals surface area contributed by atoms with Crippen molar-refractivity contribution in [3.8, 4) is 0 Å². The monoisotopic (exact) mass is 339 g/mol. The van der Waals surface area contributed by atoms with Crippen molar-refractivity contribution in [2.75, 3.05) is 19.6 Å². The molecule has 2 aromatic carbocycles. The van der Waals surface area contributed by atoms with Gasteiger partial charge in [0.15, 0.2) is 0 Å². The average Bonchev–Trinajstić information content (AvgIpc) is 2.66. The summed E-state index contributed by atoms with van der Waals surface area (Å²) < 4.78 is 0. The van der Waals surface area contributed by atoms with Gasteiger partial charge in [-0.2, -0.15) is 0 Å². The molecule has 0 aliphatic carbocycles. The molecule has 132 valence electrons. The highest BCUT2D eigenvalue weighted by Crippen LogP contribution is 2.17. The molecule has 1 aliphatic rings. The molecule has 5 nitrogen and oxygen atoms in total. The Hall–Kier alpha value is -2.40. The molecule has 3 N–H and O–H groups in total. The van der Waals surface area contributed by atoms with Gasteiger partial charge in [-0.1, -0.05) is 37.3 Å². The topological polar surface area (TPSA) is 75.4 Å². The van der Waals surface area contributed by atoms with Gasteiger partial charge in [-0.15, -0.1) is 0 Å². The highest BCUT2D eigenvalue weighted by atomic mass is 16.2. The smallest absolute Gasteiger partial charge is 0.251 e. The van der Waals surface area contributed by atoms with Crippen molar-refractivity contribution in [1.29, 1.82) is 0 Å². The van der Waals surface area contributed by atoms with E-state index in [-0.39, 0.29) is 23.8 Å². The average molecular weight is 339 g/mol. The van der Waals surface area contributed by atoms with Crippen molar-refractivity contribution in [3.05, 3.63) is 48.0 Å². The summed E-state index contributed by atoms with van der Waals surface area (Å²) in [5, 5.41) is 5.24. The lowest BCUT2D eigenvalue weighted by Crippen LogP contribution is -2.51. The third-order valence-corrected chi connectivity index (χ3v) is 4.86. The molecular formula is C20H25N3O2. The first-order valence-electron chi connectivity index (χ1n) is 8.87. The highest BCUT2D eigenvalue weighted by Gasteiger charge is 2.27. The van der Waals surface area contributed by atoms with Crippen LogP contribution >= 0.6 is 0 Å². The first kappa shape index (κ1) is 17.4. The second-order valence-corrected chi connectivity index (χ2v) is 6.80. The van der Waals surface area contributed by atoms with Crippen LogP contribution in [-0.4, -0.2) is 42.4 Å². The summed E-state index contributed by atoms with van der Waals surface area (Å²) >= 11 is 0. The van der Waals surface area contributed by atoms with Crippen LogP contribution in [0.25, 0.3) is 10.8 Å². The number of nitrogens with zero attached hydrogens (tertiary/aromatic N) is 1. The van der Waals surface area contributed by atoms with Crippen molar-refractivity contribution < 1.29 is 9.59 Å². The van der Waals surface area contributed by atoms with Crippen LogP contribution in [0.4, 0.5) is 0 Å². The Balaban J connectivity index is 1.66. The Labute approximate surface area is 148 Å². The van der Waals surface area contributed by atoms with Crippen molar-refractivity contribution in [1.82, 2.24) is 10.2 Å². The van der Waals surface area contributed by atoms with E-state index in [0.717, 1.165) is 30.2 Å². The molecule has 2 atom stereocenters. The number of hydrogen-bond donors (Lipinski definition) is 2. The van der Waals surface area contributed by atoms with Gasteiger partial charge in [-0.05, 0) is 35.7 Å². The standard InChI is InChI=1S/C20H25N3O2/c1-14(12-21)20(25)23-10-4-7-18(13-23)22-19(24)17-9-8-15-5-2-3-6-16(15)11-17/h2-3,5-6,8-9,11,14,18H,4,7,10,12-13,21H2,1H3,(H,22,24). The zero-order valence-corrected chi connectivity index (χ0v) is 14.6. The molecule has 0 aromatic heterocycles. The maximum atomic E-state index is 12.6. The van der Waals surface area contributed by atoms with Crippen LogP contribution in [0.3, 0.4) is 0 Å². The molecular weight excluding hydrogens is 314 g/mol. The minimum atomic E-state index is -0.171. The number of nitrogens with two attached hydrogens (primary N) is 1. The van der Waals surface area contributed by atoms with Gasteiger partial charge < -0.3 is 16.0 Å². The van der Waals surface area contributed by atoms with Gasteiger partial charge in [0.2, 0.25) is 5.91 Å². The van der Waals surface area contributed by atoms with Crippen molar-refractivity contribution in [2.24, 2.45) is 11.7 Å². The fraction of sp³-hybridized carbons (Fsp3) is 0.400. The number of hydrogen-bond acceptors (Lipinski definition) is 3.